The van der Waals surface area contributed by atoms with E-state index in [1.807, 2.05) is 6.07 Å². The van der Waals surface area contributed by atoms with Gasteiger partial charge in [0.25, 0.3) is 0 Å². The third-order valence-corrected chi connectivity index (χ3v) is 2.07. The number of allylic oxidation sites excluding steroid dienone is 3. The normalized spacial score (nSPS) is 14.6. The SMILES string of the molecule is C=C(C#N)C1=C(C(=O)OCl)C(=C)C1=C. The van der Waals surface area contributed by atoms with Crippen LogP contribution in [0.25, 0.3) is 0 Å². The zero-order valence-electron chi connectivity index (χ0n) is 7.26. The topological polar surface area (TPSA) is 50.1 Å². The molecule has 1 aliphatic carbocycles. The molecule has 1 rings (SSSR count). The fourth-order valence-corrected chi connectivity index (χ4v) is 1.27. The minimum absolute atomic E-state index is 0.152. The highest BCUT2D eigenvalue weighted by atomic mass is 35.5. The van der Waals surface area contributed by atoms with Gasteiger partial charge in [-0.3, -0.25) is 0 Å². The number of carbonyl (C=O) groups is 1. The van der Waals surface area contributed by atoms with Gasteiger partial charge in [-0.25, -0.2) is 4.79 Å². The molecule has 0 saturated carbocycles. The molecule has 3 nitrogen and oxygen atoms in total. The van der Waals surface area contributed by atoms with E-state index in [0.717, 1.165) is 0 Å². The average Bonchev–Trinajstić information content (AvgIpc) is 2.22. The summed E-state index contributed by atoms with van der Waals surface area (Å²) in [6.45, 7) is 10.7. The maximum atomic E-state index is 11.1. The molecule has 0 radical (unpaired) electrons. The van der Waals surface area contributed by atoms with Crippen molar-refractivity contribution in [1.82, 2.24) is 0 Å². The molecule has 0 atom stereocenters. The van der Waals surface area contributed by atoms with E-state index in [1.165, 1.54) is 0 Å². The summed E-state index contributed by atoms with van der Waals surface area (Å²) in [6.07, 6.45) is 0. The van der Waals surface area contributed by atoms with Crippen LogP contribution in [0.15, 0.2) is 47.6 Å². The van der Waals surface area contributed by atoms with E-state index in [1.54, 1.807) is 0 Å². The molecule has 0 amide bonds. The molecule has 1 aliphatic rings. The molecule has 0 unspecified atom stereocenters. The Balaban J connectivity index is 3.24. The molecule has 0 aliphatic heterocycles. The van der Waals surface area contributed by atoms with Gasteiger partial charge >= 0.3 is 5.97 Å². The largest absolute Gasteiger partial charge is 0.357 e. The Bertz CT molecular complexity index is 438. The van der Waals surface area contributed by atoms with Gasteiger partial charge in [-0.15, -0.1) is 0 Å². The Morgan fingerprint density at radius 2 is 1.86 bits per heavy atom. The van der Waals surface area contributed by atoms with Crippen LogP contribution in [-0.2, 0) is 9.08 Å². The first kappa shape index (κ1) is 10.3. The molecule has 0 N–H and O–H groups in total. The summed E-state index contributed by atoms with van der Waals surface area (Å²) in [6, 6.07) is 1.82. The van der Waals surface area contributed by atoms with E-state index >= 15 is 0 Å². The van der Waals surface area contributed by atoms with Crippen LogP contribution in [0.5, 0.6) is 0 Å². The molecule has 0 aromatic heterocycles. The molecule has 0 fully saturated rings. The van der Waals surface area contributed by atoms with Crippen molar-refractivity contribution < 1.29 is 9.08 Å². The van der Waals surface area contributed by atoms with Crippen LogP contribution in [-0.4, -0.2) is 5.97 Å². The van der Waals surface area contributed by atoms with Gasteiger partial charge in [0.2, 0.25) is 0 Å². The monoisotopic (exact) mass is 207 g/mol. The number of nitriles is 1. The highest BCUT2D eigenvalue weighted by molar-refractivity contribution is 6.18. The third kappa shape index (κ3) is 1.26. The summed E-state index contributed by atoms with van der Waals surface area (Å²) in [4.78, 5) is 11.1. The molecular formula is C10H6ClNO2. The Kier molecular flexibility index (Phi) is 2.59. The van der Waals surface area contributed by atoms with Gasteiger partial charge in [0.1, 0.15) is 11.9 Å². The maximum Gasteiger partial charge on any atom is 0.357 e. The lowest BCUT2D eigenvalue weighted by Crippen LogP contribution is -2.19. The first-order valence-corrected chi connectivity index (χ1v) is 3.91. The fourth-order valence-electron chi connectivity index (χ4n) is 1.19. The minimum Gasteiger partial charge on any atom is -0.343 e. The number of halogens is 1. The van der Waals surface area contributed by atoms with Gasteiger partial charge in [0, 0.05) is 5.57 Å². The molecule has 0 aromatic carbocycles. The summed E-state index contributed by atoms with van der Waals surface area (Å²) in [5, 5.41) is 8.61. The molecule has 0 saturated heterocycles. The summed E-state index contributed by atoms with van der Waals surface area (Å²) in [7, 11) is 0. The van der Waals surface area contributed by atoms with Crippen LogP contribution in [0.3, 0.4) is 0 Å². The van der Waals surface area contributed by atoms with Crippen molar-refractivity contribution in [1.29, 1.82) is 5.26 Å². The Morgan fingerprint density at radius 1 is 1.36 bits per heavy atom. The summed E-state index contributed by atoms with van der Waals surface area (Å²) in [5.41, 5.74) is 1.66. The van der Waals surface area contributed by atoms with Crippen LogP contribution < -0.4 is 0 Å². The molecule has 0 aromatic rings. The molecular weight excluding hydrogens is 202 g/mol. The zero-order chi connectivity index (χ0) is 10.9. The van der Waals surface area contributed by atoms with Gasteiger partial charge in [0.15, 0.2) is 0 Å². The van der Waals surface area contributed by atoms with Crippen molar-refractivity contribution in [3.8, 4) is 6.07 Å². The Hall–Kier alpha value is -1.79. The lowest BCUT2D eigenvalue weighted by molar-refractivity contribution is -0.129. The number of hydrogen-bond donors (Lipinski definition) is 0. The predicted octanol–water partition coefficient (Wildman–Crippen LogP) is 2.19. The van der Waals surface area contributed by atoms with E-state index < -0.39 is 5.97 Å². The van der Waals surface area contributed by atoms with Crippen molar-refractivity contribution in [2.75, 3.05) is 0 Å². The first-order chi connectivity index (χ1) is 6.54. The van der Waals surface area contributed by atoms with E-state index in [2.05, 4.69) is 24.0 Å². The molecule has 14 heavy (non-hydrogen) atoms. The Morgan fingerprint density at radius 3 is 2.29 bits per heavy atom. The van der Waals surface area contributed by atoms with Gasteiger partial charge in [0.05, 0.1) is 17.2 Å². The van der Waals surface area contributed by atoms with E-state index in [0.29, 0.717) is 16.7 Å². The highest BCUT2D eigenvalue weighted by Gasteiger charge is 2.34. The average molecular weight is 208 g/mol. The van der Waals surface area contributed by atoms with Gasteiger partial charge in [-0.1, -0.05) is 19.7 Å². The summed E-state index contributed by atoms with van der Waals surface area (Å²) >= 11 is 4.92. The van der Waals surface area contributed by atoms with Gasteiger partial charge < -0.3 is 4.29 Å². The van der Waals surface area contributed by atoms with Crippen molar-refractivity contribution in [2.24, 2.45) is 0 Å². The molecule has 70 valence electrons. The molecule has 0 bridgehead atoms. The lowest BCUT2D eigenvalue weighted by atomic mass is 9.76. The van der Waals surface area contributed by atoms with Gasteiger partial charge in [-0.05, 0) is 11.1 Å². The summed E-state index contributed by atoms with van der Waals surface area (Å²) in [5.74, 6) is -0.740. The number of carbonyl (C=O) groups excluding carboxylic acids is 1. The van der Waals surface area contributed by atoms with Crippen molar-refractivity contribution in [2.45, 2.75) is 0 Å². The van der Waals surface area contributed by atoms with Crippen LogP contribution in [0.2, 0.25) is 0 Å². The fraction of sp³-hybridized carbons (Fsp3) is 0. The number of hydrogen-bond acceptors (Lipinski definition) is 3. The lowest BCUT2D eigenvalue weighted by Gasteiger charge is -2.25. The van der Waals surface area contributed by atoms with E-state index in [-0.39, 0.29) is 11.1 Å². The van der Waals surface area contributed by atoms with Crippen molar-refractivity contribution >= 4 is 17.8 Å². The first-order valence-electron chi connectivity index (χ1n) is 3.60. The second-order valence-corrected chi connectivity index (χ2v) is 2.82. The second kappa shape index (κ2) is 3.52. The van der Waals surface area contributed by atoms with E-state index in [9.17, 15) is 4.79 Å². The van der Waals surface area contributed by atoms with Crippen LogP contribution in [0.4, 0.5) is 0 Å². The predicted molar refractivity (Wildman–Crippen MR) is 52.0 cm³/mol. The Labute approximate surface area is 86.4 Å². The quantitative estimate of drug-likeness (QED) is 0.652. The van der Waals surface area contributed by atoms with Crippen LogP contribution in [0.1, 0.15) is 0 Å². The minimum atomic E-state index is -0.740. The maximum absolute atomic E-state index is 11.1. The molecule has 4 heteroatoms. The molecule has 0 spiro atoms. The van der Waals surface area contributed by atoms with Crippen LogP contribution in [0, 0.1) is 11.3 Å². The smallest absolute Gasteiger partial charge is 0.343 e. The number of rotatable bonds is 2. The van der Waals surface area contributed by atoms with E-state index in [4.69, 9.17) is 17.1 Å². The molecule has 0 heterocycles. The number of nitrogens with zero attached hydrogens (tertiary/aromatic N) is 1. The second-order valence-electron chi connectivity index (χ2n) is 2.66. The van der Waals surface area contributed by atoms with Gasteiger partial charge in [-0.2, -0.15) is 5.26 Å². The third-order valence-electron chi connectivity index (χ3n) is 1.93. The summed E-state index contributed by atoms with van der Waals surface area (Å²) < 4.78 is 4.02. The zero-order valence-corrected chi connectivity index (χ0v) is 8.02. The van der Waals surface area contributed by atoms with Crippen molar-refractivity contribution in [3.63, 3.8) is 0 Å². The standard InChI is InChI=1S/C10H6ClNO2/c1-5(4-12)8-6(2)7(3)9(8)10(13)14-11/h1-3H2. The van der Waals surface area contributed by atoms with Crippen molar-refractivity contribution in [3.05, 3.63) is 47.6 Å². The highest BCUT2D eigenvalue weighted by Crippen LogP contribution is 2.41. The van der Waals surface area contributed by atoms with Crippen LogP contribution >= 0.6 is 11.9 Å².